The molecule has 2 N–H and O–H groups in total. The first-order valence-electron chi connectivity index (χ1n) is 10.3. The second-order valence-electron chi connectivity index (χ2n) is 7.63. The molecule has 5 heteroatoms. The van der Waals surface area contributed by atoms with Crippen LogP contribution in [-0.4, -0.2) is 20.7 Å². The smallest absolute Gasteiger partial charge is 0.261 e. The molecule has 4 rings (SSSR count). The van der Waals surface area contributed by atoms with Crippen LogP contribution in [0.1, 0.15) is 45.8 Å². The summed E-state index contributed by atoms with van der Waals surface area (Å²) in [4.78, 5) is 37.3. The number of terminal acetylenes is 1. The van der Waals surface area contributed by atoms with Crippen LogP contribution in [0.2, 0.25) is 0 Å². The molecule has 0 bridgehead atoms. The fourth-order valence-corrected chi connectivity index (χ4v) is 3.99. The summed E-state index contributed by atoms with van der Waals surface area (Å²) in [5, 5.41) is 0.400. The Balaban J connectivity index is 1.99. The summed E-state index contributed by atoms with van der Waals surface area (Å²) in [6.07, 6.45) is 7.23. The van der Waals surface area contributed by atoms with Crippen molar-refractivity contribution in [1.29, 1.82) is 0 Å². The largest absolute Gasteiger partial charge is 0.336 e. The maximum absolute atomic E-state index is 13.4. The van der Waals surface area contributed by atoms with Crippen LogP contribution in [0.25, 0.3) is 22.2 Å². The number of benzene rings is 2. The number of carbonyl (C=O) groups excluding carboxylic acids is 1. The Morgan fingerprint density at radius 3 is 2.39 bits per heavy atom. The highest BCUT2D eigenvalue weighted by molar-refractivity contribution is 6.16. The average Bonchev–Trinajstić information content (AvgIpc) is 3.13. The van der Waals surface area contributed by atoms with Crippen LogP contribution < -0.4 is 5.56 Å². The fourth-order valence-electron chi connectivity index (χ4n) is 3.99. The summed E-state index contributed by atoms with van der Waals surface area (Å²) in [5.41, 5.74) is 4.52. The Kier molecular flexibility index (Phi) is 5.55. The van der Waals surface area contributed by atoms with Crippen molar-refractivity contribution in [3.63, 3.8) is 0 Å². The number of rotatable bonds is 6. The van der Waals surface area contributed by atoms with Gasteiger partial charge in [-0.1, -0.05) is 48.5 Å². The Hall–Kier alpha value is -3.91. The highest BCUT2D eigenvalue weighted by Crippen LogP contribution is 2.35. The number of aromatic amines is 2. The van der Waals surface area contributed by atoms with Crippen LogP contribution in [0.5, 0.6) is 0 Å². The van der Waals surface area contributed by atoms with Gasteiger partial charge in [0.2, 0.25) is 5.78 Å². The molecule has 0 aliphatic heterocycles. The van der Waals surface area contributed by atoms with E-state index < -0.39 is 0 Å². The quantitative estimate of drug-likeness (QED) is 0.275. The number of ketones is 1. The Labute approximate surface area is 180 Å². The number of hydrogen-bond acceptors (Lipinski definition) is 3. The van der Waals surface area contributed by atoms with Crippen molar-refractivity contribution in [2.75, 3.05) is 0 Å². The van der Waals surface area contributed by atoms with E-state index in [-0.39, 0.29) is 11.3 Å². The van der Waals surface area contributed by atoms with E-state index in [0.29, 0.717) is 46.5 Å². The molecule has 31 heavy (non-hydrogen) atoms. The van der Waals surface area contributed by atoms with Crippen molar-refractivity contribution >= 4 is 16.8 Å². The highest BCUT2D eigenvalue weighted by Gasteiger charge is 2.25. The molecule has 0 aliphatic rings. The Morgan fingerprint density at radius 2 is 1.71 bits per heavy atom. The molecule has 2 heterocycles. The summed E-state index contributed by atoms with van der Waals surface area (Å²) in [6.45, 7) is 3.96. The number of H-pyrrole nitrogens is 2. The molecule has 2 aromatic heterocycles. The van der Waals surface area contributed by atoms with Crippen molar-refractivity contribution in [2.24, 2.45) is 0 Å². The molecular formula is C26H23N3O2. The first-order valence-corrected chi connectivity index (χ1v) is 10.3. The molecule has 0 fully saturated rings. The second-order valence-corrected chi connectivity index (χ2v) is 7.63. The van der Waals surface area contributed by atoms with Gasteiger partial charge >= 0.3 is 0 Å². The fraction of sp³-hybridized carbons (Fsp3) is 0.192. The lowest BCUT2D eigenvalue weighted by atomic mass is 9.92. The van der Waals surface area contributed by atoms with Gasteiger partial charge in [-0.25, -0.2) is 4.98 Å². The number of hydrogen-bond donors (Lipinski definition) is 2. The van der Waals surface area contributed by atoms with Gasteiger partial charge in [0.25, 0.3) is 5.56 Å². The van der Waals surface area contributed by atoms with E-state index in [4.69, 9.17) is 6.42 Å². The summed E-state index contributed by atoms with van der Waals surface area (Å²) in [6, 6.07) is 15.0. The van der Waals surface area contributed by atoms with Gasteiger partial charge in [-0.3, -0.25) is 9.59 Å². The van der Waals surface area contributed by atoms with E-state index >= 15 is 0 Å². The van der Waals surface area contributed by atoms with Crippen LogP contribution in [0, 0.1) is 26.2 Å². The number of unbranched alkanes of at least 4 members (excludes halogenated alkanes) is 1. The lowest BCUT2D eigenvalue weighted by Gasteiger charge is -2.11. The van der Waals surface area contributed by atoms with Crippen molar-refractivity contribution < 1.29 is 4.79 Å². The van der Waals surface area contributed by atoms with E-state index in [1.165, 1.54) is 0 Å². The van der Waals surface area contributed by atoms with Crippen LogP contribution in [0.4, 0.5) is 0 Å². The topological polar surface area (TPSA) is 78.6 Å². The number of aryl methyl sites for hydroxylation is 3. The van der Waals surface area contributed by atoms with Crippen LogP contribution >= 0.6 is 0 Å². The zero-order valence-corrected chi connectivity index (χ0v) is 17.6. The van der Waals surface area contributed by atoms with Gasteiger partial charge in [0.05, 0.1) is 11.1 Å². The Bertz CT molecular complexity index is 1350. The number of fused-ring (bicyclic) bond motifs is 1. The number of aromatic nitrogens is 3. The average molecular weight is 409 g/mol. The van der Waals surface area contributed by atoms with Crippen LogP contribution in [0.15, 0.2) is 53.3 Å². The molecule has 5 nitrogen and oxygen atoms in total. The number of nitrogens with zero attached hydrogens (tertiary/aromatic N) is 1. The maximum atomic E-state index is 13.4. The first-order chi connectivity index (χ1) is 15.0. The SMILES string of the molecule is C#CCCCc1nc2[nH]c(C(=O)c3ccccc3)c(-c3c(C)cccc3C)c2c(=O)[nH]1. The van der Waals surface area contributed by atoms with Gasteiger partial charge in [0.1, 0.15) is 11.5 Å². The zero-order chi connectivity index (χ0) is 22.0. The van der Waals surface area contributed by atoms with E-state index in [9.17, 15) is 9.59 Å². The minimum Gasteiger partial charge on any atom is -0.336 e. The monoisotopic (exact) mass is 409 g/mol. The minimum absolute atomic E-state index is 0.176. The molecule has 154 valence electrons. The third-order valence-corrected chi connectivity index (χ3v) is 5.44. The van der Waals surface area contributed by atoms with Gasteiger partial charge < -0.3 is 9.97 Å². The molecule has 0 radical (unpaired) electrons. The minimum atomic E-state index is -0.262. The Morgan fingerprint density at radius 1 is 1.00 bits per heavy atom. The third kappa shape index (κ3) is 3.80. The van der Waals surface area contributed by atoms with Crippen LogP contribution in [-0.2, 0) is 6.42 Å². The van der Waals surface area contributed by atoms with Crippen molar-refractivity contribution in [3.8, 4) is 23.5 Å². The number of carbonyl (C=O) groups is 1. The summed E-state index contributed by atoms with van der Waals surface area (Å²) < 4.78 is 0. The molecule has 0 aliphatic carbocycles. The lowest BCUT2D eigenvalue weighted by molar-refractivity contribution is 0.103. The molecule has 4 aromatic rings. The lowest BCUT2D eigenvalue weighted by Crippen LogP contribution is -2.12. The molecule has 0 atom stereocenters. The normalized spacial score (nSPS) is 10.9. The number of nitrogens with one attached hydrogen (secondary N) is 2. The zero-order valence-electron chi connectivity index (χ0n) is 17.6. The van der Waals surface area contributed by atoms with Crippen LogP contribution in [0.3, 0.4) is 0 Å². The summed E-state index contributed by atoms with van der Waals surface area (Å²) >= 11 is 0. The van der Waals surface area contributed by atoms with E-state index in [1.807, 2.05) is 50.2 Å². The first kappa shape index (κ1) is 20.4. The molecule has 2 aromatic carbocycles. The molecule has 0 unspecified atom stereocenters. The maximum Gasteiger partial charge on any atom is 0.261 e. The predicted octanol–water partition coefficient (Wildman–Crippen LogP) is 4.72. The highest BCUT2D eigenvalue weighted by atomic mass is 16.1. The van der Waals surface area contributed by atoms with Crippen molar-refractivity contribution in [1.82, 2.24) is 15.0 Å². The van der Waals surface area contributed by atoms with Crippen molar-refractivity contribution in [2.45, 2.75) is 33.1 Å². The summed E-state index contributed by atoms with van der Waals surface area (Å²) in [5.74, 6) is 2.98. The predicted molar refractivity (Wildman–Crippen MR) is 123 cm³/mol. The molecular weight excluding hydrogens is 386 g/mol. The second kappa shape index (κ2) is 8.45. The molecule has 0 saturated heterocycles. The van der Waals surface area contributed by atoms with Gasteiger partial charge in [-0.05, 0) is 37.0 Å². The van der Waals surface area contributed by atoms with Gasteiger partial charge in [-0.2, -0.15) is 0 Å². The third-order valence-electron chi connectivity index (χ3n) is 5.44. The molecule has 0 amide bonds. The molecule has 0 spiro atoms. The van der Waals surface area contributed by atoms with Gasteiger partial charge in [-0.15, -0.1) is 12.3 Å². The standard InChI is InChI=1S/C26H23N3O2/c1-4-5-7-15-19-27-25-22(26(31)28-19)21(20-16(2)11-10-12-17(20)3)23(29-25)24(30)18-13-8-6-9-14-18/h1,6,8-14H,5,7,15H2,2-3H3,(H2,27,28,29,31). The summed E-state index contributed by atoms with van der Waals surface area (Å²) in [7, 11) is 0. The van der Waals surface area contributed by atoms with E-state index in [1.54, 1.807) is 12.1 Å². The van der Waals surface area contributed by atoms with Gasteiger partial charge in [0, 0.05) is 24.0 Å². The van der Waals surface area contributed by atoms with Gasteiger partial charge in [0.15, 0.2) is 0 Å². The van der Waals surface area contributed by atoms with E-state index in [0.717, 1.165) is 23.1 Å². The van der Waals surface area contributed by atoms with Crippen molar-refractivity contribution in [3.05, 3.63) is 87.1 Å². The molecule has 0 saturated carbocycles. The van der Waals surface area contributed by atoms with E-state index in [2.05, 4.69) is 20.9 Å².